The van der Waals surface area contributed by atoms with Crippen molar-refractivity contribution in [3.05, 3.63) is 77.7 Å². The molecular weight excluding hydrogens is 312 g/mol. The van der Waals surface area contributed by atoms with Crippen molar-refractivity contribution in [2.45, 2.75) is 13.8 Å². The maximum atomic E-state index is 12.5. The molecule has 25 heavy (non-hydrogen) atoms. The molecule has 1 aromatic heterocycles. The van der Waals surface area contributed by atoms with Gasteiger partial charge in [-0.05, 0) is 37.6 Å². The van der Waals surface area contributed by atoms with Crippen molar-refractivity contribution in [3.8, 4) is 0 Å². The SMILES string of the molecule is Cc1ccc(NC(=O)c2cc(N(C)c3ccccc3)ncn2)c(C)c1. The first-order valence-electron chi connectivity index (χ1n) is 8.04. The molecule has 0 unspecified atom stereocenters. The second-order valence-corrected chi connectivity index (χ2v) is 5.93. The average Bonchev–Trinajstić information content (AvgIpc) is 2.64. The minimum Gasteiger partial charge on any atom is -0.329 e. The van der Waals surface area contributed by atoms with Gasteiger partial charge in [-0.2, -0.15) is 0 Å². The quantitative estimate of drug-likeness (QED) is 0.781. The summed E-state index contributed by atoms with van der Waals surface area (Å²) >= 11 is 0. The minimum absolute atomic E-state index is 0.253. The van der Waals surface area contributed by atoms with E-state index in [1.54, 1.807) is 6.07 Å². The van der Waals surface area contributed by atoms with E-state index in [1.165, 1.54) is 6.33 Å². The molecule has 0 aliphatic carbocycles. The molecule has 0 radical (unpaired) electrons. The van der Waals surface area contributed by atoms with Gasteiger partial charge in [0.2, 0.25) is 0 Å². The van der Waals surface area contributed by atoms with Crippen LogP contribution in [0.5, 0.6) is 0 Å². The predicted molar refractivity (Wildman–Crippen MR) is 100 cm³/mol. The number of amides is 1. The van der Waals surface area contributed by atoms with Crippen LogP contribution in [0.2, 0.25) is 0 Å². The molecule has 0 atom stereocenters. The molecule has 2 aromatic carbocycles. The van der Waals surface area contributed by atoms with E-state index in [1.807, 2.05) is 74.3 Å². The van der Waals surface area contributed by atoms with E-state index in [9.17, 15) is 4.79 Å². The summed E-state index contributed by atoms with van der Waals surface area (Å²) in [5.41, 5.74) is 4.27. The van der Waals surface area contributed by atoms with E-state index in [0.717, 1.165) is 22.5 Å². The predicted octanol–water partition coefficient (Wildman–Crippen LogP) is 4.11. The molecule has 1 N–H and O–H groups in total. The standard InChI is InChI=1S/C20H20N4O/c1-14-9-10-17(15(2)11-14)23-20(25)18-12-19(22-13-21-18)24(3)16-7-5-4-6-8-16/h4-13H,1-3H3,(H,23,25). The zero-order valence-corrected chi connectivity index (χ0v) is 14.5. The van der Waals surface area contributed by atoms with E-state index in [0.29, 0.717) is 11.5 Å². The summed E-state index contributed by atoms with van der Waals surface area (Å²) in [4.78, 5) is 22.8. The number of aryl methyl sites for hydroxylation is 2. The van der Waals surface area contributed by atoms with Crippen LogP contribution in [0.3, 0.4) is 0 Å². The lowest BCUT2D eigenvalue weighted by molar-refractivity contribution is 0.102. The number of carbonyl (C=O) groups is 1. The Morgan fingerprint density at radius 2 is 1.76 bits per heavy atom. The highest BCUT2D eigenvalue weighted by Gasteiger charge is 2.13. The van der Waals surface area contributed by atoms with Crippen molar-refractivity contribution in [3.63, 3.8) is 0 Å². The van der Waals surface area contributed by atoms with Crippen molar-refractivity contribution in [1.29, 1.82) is 0 Å². The van der Waals surface area contributed by atoms with Gasteiger partial charge in [-0.15, -0.1) is 0 Å². The van der Waals surface area contributed by atoms with E-state index >= 15 is 0 Å². The highest BCUT2D eigenvalue weighted by molar-refractivity contribution is 6.03. The Labute approximate surface area is 147 Å². The Hall–Kier alpha value is -3.21. The lowest BCUT2D eigenvalue weighted by Gasteiger charge is -2.18. The number of anilines is 3. The zero-order valence-electron chi connectivity index (χ0n) is 14.5. The van der Waals surface area contributed by atoms with Crippen LogP contribution in [-0.2, 0) is 0 Å². The fourth-order valence-electron chi connectivity index (χ4n) is 2.58. The molecule has 0 bridgehead atoms. The molecule has 3 aromatic rings. The number of aromatic nitrogens is 2. The van der Waals surface area contributed by atoms with Crippen molar-refractivity contribution in [1.82, 2.24) is 9.97 Å². The topological polar surface area (TPSA) is 58.1 Å². The fraction of sp³-hybridized carbons (Fsp3) is 0.150. The number of para-hydroxylation sites is 1. The number of hydrogen-bond acceptors (Lipinski definition) is 4. The second kappa shape index (κ2) is 7.13. The molecule has 1 amide bonds. The second-order valence-electron chi connectivity index (χ2n) is 5.93. The highest BCUT2D eigenvalue weighted by atomic mass is 16.1. The summed E-state index contributed by atoms with van der Waals surface area (Å²) in [7, 11) is 1.91. The molecule has 0 saturated carbocycles. The number of hydrogen-bond donors (Lipinski definition) is 1. The minimum atomic E-state index is -0.253. The van der Waals surface area contributed by atoms with Gasteiger partial charge in [0.25, 0.3) is 5.91 Å². The number of carbonyl (C=O) groups excluding carboxylic acids is 1. The number of nitrogens with zero attached hydrogens (tertiary/aromatic N) is 3. The van der Waals surface area contributed by atoms with E-state index in [4.69, 9.17) is 0 Å². The smallest absolute Gasteiger partial charge is 0.274 e. The monoisotopic (exact) mass is 332 g/mol. The molecule has 0 aliphatic heterocycles. The largest absolute Gasteiger partial charge is 0.329 e. The van der Waals surface area contributed by atoms with Crippen LogP contribution in [0.4, 0.5) is 17.2 Å². The van der Waals surface area contributed by atoms with Gasteiger partial charge in [0, 0.05) is 24.5 Å². The number of rotatable bonds is 4. The summed E-state index contributed by atoms with van der Waals surface area (Å²) in [6.07, 6.45) is 1.41. The van der Waals surface area contributed by atoms with E-state index in [-0.39, 0.29) is 5.91 Å². The summed E-state index contributed by atoms with van der Waals surface area (Å²) in [5.74, 6) is 0.407. The summed E-state index contributed by atoms with van der Waals surface area (Å²) in [6.45, 7) is 3.99. The van der Waals surface area contributed by atoms with Crippen molar-refractivity contribution < 1.29 is 4.79 Å². The first-order chi connectivity index (χ1) is 12.0. The summed E-state index contributed by atoms with van der Waals surface area (Å²) in [6, 6.07) is 17.4. The highest BCUT2D eigenvalue weighted by Crippen LogP contribution is 2.22. The molecule has 0 saturated heterocycles. The third-order valence-corrected chi connectivity index (χ3v) is 4.00. The molecule has 126 valence electrons. The molecule has 1 heterocycles. The Morgan fingerprint density at radius 1 is 1.00 bits per heavy atom. The van der Waals surface area contributed by atoms with Crippen LogP contribution in [-0.4, -0.2) is 22.9 Å². The third-order valence-electron chi connectivity index (χ3n) is 4.00. The number of nitrogens with one attached hydrogen (secondary N) is 1. The van der Waals surface area contributed by atoms with Crippen LogP contribution in [0.25, 0.3) is 0 Å². The molecular formula is C20H20N4O. The summed E-state index contributed by atoms with van der Waals surface area (Å²) in [5, 5.41) is 2.91. The summed E-state index contributed by atoms with van der Waals surface area (Å²) < 4.78 is 0. The third kappa shape index (κ3) is 3.83. The Balaban J connectivity index is 1.82. The fourth-order valence-corrected chi connectivity index (χ4v) is 2.58. The van der Waals surface area contributed by atoms with Crippen LogP contribution >= 0.6 is 0 Å². The Bertz CT molecular complexity index is 893. The Kier molecular flexibility index (Phi) is 4.75. The van der Waals surface area contributed by atoms with Gasteiger partial charge in [0.05, 0.1) is 0 Å². The van der Waals surface area contributed by atoms with Gasteiger partial charge < -0.3 is 10.2 Å². The molecule has 5 nitrogen and oxygen atoms in total. The first-order valence-corrected chi connectivity index (χ1v) is 8.04. The molecule has 0 fully saturated rings. The van der Waals surface area contributed by atoms with Crippen molar-refractivity contribution in [2.24, 2.45) is 0 Å². The maximum Gasteiger partial charge on any atom is 0.274 e. The van der Waals surface area contributed by atoms with Gasteiger partial charge in [-0.3, -0.25) is 4.79 Å². The normalized spacial score (nSPS) is 10.4. The molecule has 0 aliphatic rings. The molecule has 0 spiro atoms. The van der Waals surface area contributed by atoms with Gasteiger partial charge in [-0.1, -0.05) is 35.9 Å². The van der Waals surface area contributed by atoms with Gasteiger partial charge >= 0.3 is 0 Å². The van der Waals surface area contributed by atoms with E-state index < -0.39 is 0 Å². The Morgan fingerprint density at radius 3 is 2.48 bits per heavy atom. The van der Waals surface area contributed by atoms with Crippen molar-refractivity contribution >= 4 is 23.1 Å². The zero-order chi connectivity index (χ0) is 17.8. The van der Waals surface area contributed by atoms with Crippen LogP contribution in [0, 0.1) is 13.8 Å². The number of benzene rings is 2. The average molecular weight is 332 g/mol. The lowest BCUT2D eigenvalue weighted by atomic mass is 10.1. The maximum absolute atomic E-state index is 12.5. The van der Waals surface area contributed by atoms with Crippen LogP contribution in [0.15, 0.2) is 60.9 Å². The van der Waals surface area contributed by atoms with Gasteiger partial charge in [0.15, 0.2) is 0 Å². The van der Waals surface area contributed by atoms with Gasteiger partial charge in [-0.25, -0.2) is 9.97 Å². The molecule has 5 heteroatoms. The van der Waals surface area contributed by atoms with Crippen LogP contribution in [0.1, 0.15) is 21.6 Å². The van der Waals surface area contributed by atoms with E-state index in [2.05, 4.69) is 15.3 Å². The lowest BCUT2D eigenvalue weighted by Crippen LogP contribution is -2.17. The van der Waals surface area contributed by atoms with Gasteiger partial charge in [0.1, 0.15) is 17.8 Å². The van der Waals surface area contributed by atoms with Crippen molar-refractivity contribution in [2.75, 3.05) is 17.3 Å². The first kappa shape index (κ1) is 16.6. The molecule has 3 rings (SSSR count). The van der Waals surface area contributed by atoms with Crippen LogP contribution < -0.4 is 10.2 Å².